The fraction of sp³-hybridized carbons (Fsp3) is 0.214. The largest absolute Gasteiger partial charge is 0.477 e. The molecule has 2 rings (SSSR count). The predicted octanol–water partition coefficient (Wildman–Crippen LogP) is 3.36. The summed E-state index contributed by atoms with van der Waals surface area (Å²) in [5, 5.41) is 11.7. The zero-order valence-electron chi connectivity index (χ0n) is 11.4. The summed E-state index contributed by atoms with van der Waals surface area (Å²) in [5.41, 5.74) is 0.284. The van der Waals surface area contributed by atoms with Crippen LogP contribution in [0.25, 0.3) is 0 Å². The van der Waals surface area contributed by atoms with Gasteiger partial charge in [0, 0.05) is 0 Å². The van der Waals surface area contributed by atoms with E-state index in [9.17, 15) is 14.0 Å². The second-order valence-electron chi connectivity index (χ2n) is 4.63. The lowest BCUT2D eigenvalue weighted by Crippen LogP contribution is -2.13. The minimum Gasteiger partial charge on any atom is -0.477 e. The molecule has 1 aromatic heterocycles. The van der Waals surface area contributed by atoms with Crippen LogP contribution in [0.15, 0.2) is 24.3 Å². The summed E-state index contributed by atoms with van der Waals surface area (Å²) in [6.45, 7) is 3.62. The van der Waals surface area contributed by atoms with Crippen molar-refractivity contribution in [2.75, 3.05) is 5.32 Å². The molecule has 0 aliphatic carbocycles. The maximum atomic E-state index is 13.5. The summed E-state index contributed by atoms with van der Waals surface area (Å²) in [5.74, 6) is -2.49. The quantitative estimate of drug-likeness (QED) is 0.907. The van der Waals surface area contributed by atoms with Crippen LogP contribution in [0.3, 0.4) is 0 Å². The van der Waals surface area contributed by atoms with E-state index in [1.807, 2.05) is 13.8 Å². The summed E-state index contributed by atoms with van der Waals surface area (Å²) in [4.78, 5) is 27.3. The van der Waals surface area contributed by atoms with Crippen molar-refractivity contribution in [1.29, 1.82) is 0 Å². The van der Waals surface area contributed by atoms with Crippen LogP contribution in [0.2, 0.25) is 0 Å². The molecule has 0 saturated carbocycles. The number of aromatic nitrogens is 1. The van der Waals surface area contributed by atoms with E-state index >= 15 is 0 Å². The van der Waals surface area contributed by atoms with Crippen molar-refractivity contribution in [2.45, 2.75) is 19.8 Å². The molecule has 5 nitrogen and oxygen atoms in total. The molecule has 2 aromatic rings. The molecule has 21 heavy (non-hydrogen) atoms. The van der Waals surface area contributed by atoms with Gasteiger partial charge >= 0.3 is 5.97 Å². The van der Waals surface area contributed by atoms with Gasteiger partial charge in [-0.3, -0.25) is 10.1 Å². The van der Waals surface area contributed by atoms with Gasteiger partial charge in [-0.2, -0.15) is 0 Å². The third-order valence-corrected chi connectivity index (χ3v) is 3.71. The Kier molecular flexibility index (Phi) is 4.32. The maximum Gasteiger partial charge on any atom is 0.347 e. The van der Waals surface area contributed by atoms with Crippen LogP contribution in [0, 0.1) is 5.82 Å². The second kappa shape index (κ2) is 6.01. The number of carbonyl (C=O) groups excluding carboxylic acids is 1. The van der Waals surface area contributed by atoms with Crippen molar-refractivity contribution in [1.82, 2.24) is 4.98 Å². The van der Waals surface area contributed by atoms with Crippen LogP contribution in [-0.2, 0) is 0 Å². The number of hydrogen-bond acceptors (Lipinski definition) is 4. The highest BCUT2D eigenvalue weighted by atomic mass is 32.1. The van der Waals surface area contributed by atoms with Gasteiger partial charge in [-0.05, 0) is 18.1 Å². The topological polar surface area (TPSA) is 79.3 Å². The van der Waals surface area contributed by atoms with Crippen LogP contribution < -0.4 is 5.32 Å². The summed E-state index contributed by atoms with van der Waals surface area (Å²) in [6, 6.07) is 5.55. The van der Waals surface area contributed by atoms with Gasteiger partial charge < -0.3 is 5.11 Å². The number of nitrogens with one attached hydrogen (secondary N) is 1. The summed E-state index contributed by atoms with van der Waals surface area (Å²) in [7, 11) is 0. The SMILES string of the molecule is CC(C)c1nc(NC(=O)c2ccccc2F)sc1C(=O)O. The number of hydrogen-bond donors (Lipinski definition) is 2. The molecule has 0 aliphatic rings. The molecule has 0 bridgehead atoms. The lowest BCUT2D eigenvalue weighted by molar-refractivity contribution is 0.0700. The Labute approximate surface area is 124 Å². The van der Waals surface area contributed by atoms with Gasteiger partial charge in [0.05, 0.1) is 11.3 Å². The summed E-state index contributed by atoms with van der Waals surface area (Å²) < 4.78 is 13.5. The lowest BCUT2D eigenvalue weighted by atomic mass is 10.1. The van der Waals surface area contributed by atoms with Crippen molar-refractivity contribution in [3.63, 3.8) is 0 Å². The molecule has 1 amide bonds. The monoisotopic (exact) mass is 308 g/mol. The van der Waals surface area contributed by atoms with E-state index < -0.39 is 17.7 Å². The zero-order valence-corrected chi connectivity index (χ0v) is 12.2. The van der Waals surface area contributed by atoms with E-state index in [2.05, 4.69) is 10.3 Å². The van der Waals surface area contributed by atoms with E-state index in [0.717, 1.165) is 11.3 Å². The summed E-state index contributed by atoms with van der Waals surface area (Å²) in [6.07, 6.45) is 0. The fourth-order valence-corrected chi connectivity index (χ4v) is 2.69. The zero-order chi connectivity index (χ0) is 15.6. The van der Waals surface area contributed by atoms with Gasteiger partial charge in [-0.15, -0.1) is 0 Å². The highest BCUT2D eigenvalue weighted by Crippen LogP contribution is 2.28. The number of rotatable bonds is 4. The molecule has 0 fully saturated rings. The first kappa shape index (κ1) is 15.1. The molecule has 7 heteroatoms. The number of carboxylic acids is 1. The maximum absolute atomic E-state index is 13.5. The molecule has 2 N–H and O–H groups in total. The standard InChI is InChI=1S/C14H13FN2O3S/c1-7(2)10-11(13(19)20)21-14(16-10)17-12(18)8-5-3-4-6-9(8)15/h3-7H,1-2H3,(H,19,20)(H,16,17,18). The number of thiazole rings is 1. The number of halogens is 1. The van der Waals surface area contributed by atoms with Gasteiger partial charge in [-0.1, -0.05) is 37.3 Å². The Balaban J connectivity index is 2.28. The van der Waals surface area contributed by atoms with Gasteiger partial charge in [0.25, 0.3) is 5.91 Å². The molecule has 0 atom stereocenters. The molecule has 0 unspecified atom stereocenters. The summed E-state index contributed by atoms with van der Waals surface area (Å²) >= 11 is 0.860. The molecular formula is C14H13FN2O3S. The van der Waals surface area contributed by atoms with Gasteiger partial charge in [-0.25, -0.2) is 14.2 Å². The minimum absolute atomic E-state index is 0.0776. The highest BCUT2D eigenvalue weighted by molar-refractivity contribution is 7.17. The highest BCUT2D eigenvalue weighted by Gasteiger charge is 2.21. The van der Waals surface area contributed by atoms with E-state index in [1.165, 1.54) is 18.2 Å². The van der Waals surface area contributed by atoms with Crippen LogP contribution >= 0.6 is 11.3 Å². The van der Waals surface area contributed by atoms with Crippen molar-refractivity contribution in [3.05, 3.63) is 46.2 Å². The number of nitrogens with zero attached hydrogens (tertiary/aromatic N) is 1. The second-order valence-corrected chi connectivity index (χ2v) is 5.63. The first-order valence-corrected chi connectivity index (χ1v) is 7.01. The third kappa shape index (κ3) is 3.25. The smallest absolute Gasteiger partial charge is 0.347 e. The number of carbonyl (C=O) groups is 2. The van der Waals surface area contributed by atoms with E-state index in [0.29, 0.717) is 5.69 Å². The van der Waals surface area contributed by atoms with Crippen LogP contribution in [-0.4, -0.2) is 22.0 Å². The average molecular weight is 308 g/mol. The molecule has 0 spiro atoms. The van der Waals surface area contributed by atoms with Crippen molar-refractivity contribution in [2.24, 2.45) is 0 Å². The van der Waals surface area contributed by atoms with Crippen LogP contribution in [0.4, 0.5) is 9.52 Å². The molecule has 1 heterocycles. The average Bonchev–Trinajstić information content (AvgIpc) is 2.83. The Bertz CT molecular complexity index is 697. The van der Waals surface area contributed by atoms with Gasteiger partial charge in [0.2, 0.25) is 0 Å². The van der Waals surface area contributed by atoms with Crippen molar-refractivity contribution < 1.29 is 19.1 Å². The molecule has 0 saturated heterocycles. The number of benzene rings is 1. The fourth-order valence-electron chi connectivity index (χ4n) is 1.74. The Hall–Kier alpha value is -2.28. The van der Waals surface area contributed by atoms with Gasteiger partial charge in [0.15, 0.2) is 5.13 Å². The molecule has 110 valence electrons. The molecular weight excluding hydrogens is 295 g/mol. The lowest BCUT2D eigenvalue weighted by Gasteiger charge is -2.02. The van der Waals surface area contributed by atoms with E-state index in [1.54, 1.807) is 6.07 Å². The van der Waals surface area contributed by atoms with E-state index in [-0.39, 0.29) is 21.5 Å². The first-order chi connectivity index (χ1) is 9.90. The normalized spacial score (nSPS) is 10.7. The Morgan fingerprint density at radius 1 is 1.33 bits per heavy atom. The Morgan fingerprint density at radius 3 is 2.52 bits per heavy atom. The minimum atomic E-state index is -1.09. The van der Waals surface area contributed by atoms with Crippen molar-refractivity contribution >= 4 is 28.3 Å². The molecule has 0 aliphatic heterocycles. The predicted molar refractivity (Wildman–Crippen MR) is 77.5 cm³/mol. The van der Waals surface area contributed by atoms with Gasteiger partial charge in [0.1, 0.15) is 10.7 Å². The van der Waals surface area contributed by atoms with Crippen molar-refractivity contribution in [3.8, 4) is 0 Å². The number of amides is 1. The first-order valence-electron chi connectivity index (χ1n) is 6.20. The van der Waals surface area contributed by atoms with Crippen LogP contribution in [0.5, 0.6) is 0 Å². The number of aromatic carboxylic acids is 1. The Morgan fingerprint density at radius 2 is 2.00 bits per heavy atom. The molecule has 0 radical (unpaired) electrons. The van der Waals surface area contributed by atoms with E-state index in [4.69, 9.17) is 5.11 Å². The van der Waals surface area contributed by atoms with Crippen LogP contribution in [0.1, 0.15) is 45.5 Å². The third-order valence-electron chi connectivity index (χ3n) is 2.73. The number of carboxylic acid groups (broad SMARTS) is 1. The number of anilines is 1. The molecule has 1 aromatic carbocycles.